The Morgan fingerprint density at radius 1 is 1.21 bits per heavy atom. The van der Waals surface area contributed by atoms with E-state index >= 15 is 0 Å². The lowest BCUT2D eigenvalue weighted by atomic mass is 10.1. The van der Waals surface area contributed by atoms with Crippen LogP contribution in [0.3, 0.4) is 0 Å². The van der Waals surface area contributed by atoms with Gasteiger partial charge in [0.15, 0.2) is 0 Å². The maximum Gasteiger partial charge on any atom is 0.141 e. The van der Waals surface area contributed by atoms with Gasteiger partial charge < -0.3 is 5.73 Å². The van der Waals surface area contributed by atoms with Gasteiger partial charge in [-0.2, -0.15) is 0 Å². The summed E-state index contributed by atoms with van der Waals surface area (Å²) in [7, 11) is 0. The van der Waals surface area contributed by atoms with E-state index in [-0.39, 0.29) is 0 Å². The fourth-order valence-corrected chi connectivity index (χ4v) is 2.63. The van der Waals surface area contributed by atoms with Gasteiger partial charge in [0.2, 0.25) is 0 Å². The van der Waals surface area contributed by atoms with E-state index in [4.69, 9.17) is 5.73 Å². The van der Waals surface area contributed by atoms with Crippen molar-refractivity contribution >= 4 is 21.7 Å². The van der Waals surface area contributed by atoms with E-state index in [1.54, 1.807) is 0 Å². The molecule has 1 aliphatic carbocycles. The predicted octanol–water partition coefficient (Wildman–Crippen LogP) is 3.60. The normalized spacial score (nSPS) is 14.6. The Morgan fingerprint density at radius 3 is 2.53 bits per heavy atom. The smallest absolute Gasteiger partial charge is 0.141 e. The van der Waals surface area contributed by atoms with Gasteiger partial charge in [0.05, 0.1) is 10.2 Å². The molecule has 0 spiro atoms. The Balaban J connectivity index is 1.90. The maximum absolute atomic E-state index is 5.97. The van der Waals surface area contributed by atoms with Crippen LogP contribution in [0.2, 0.25) is 0 Å². The molecule has 0 amide bonds. The van der Waals surface area contributed by atoms with Crippen molar-refractivity contribution in [3.05, 3.63) is 51.4 Å². The molecule has 1 saturated carbocycles. The molecule has 3 rings (SSSR count). The highest BCUT2D eigenvalue weighted by Crippen LogP contribution is 2.43. The highest BCUT2D eigenvalue weighted by atomic mass is 79.9. The Labute approximate surface area is 121 Å². The fraction of sp³-hybridized carbons (Fsp3) is 0.333. The summed E-state index contributed by atoms with van der Waals surface area (Å²) in [5.74, 6) is 1.93. The second kappa shape index (κ2) is 4.93. The Hall–Kier alpha value is -1.42. The molecule has 0 saturated heterocycles. The van der Waals surface area contributed by atoms with Crippen LogP contribution in [0, 0.1) is 6.92 Å². The first-order valence-corrected chi connectivity index (χ1v) is 7.30. The quantitative estimate of drug-likeness (QED) is 0.941. The summed E-state index contributed by atoms with van der Waals surface area (Å²) in [6.07, 6.45) is 3.15. The van der Waals surface area contributed by atoms with Crippen molar-refractivity contribution in [3.8, 4) is 0 Å². The zero-order chi connectivity index (χ0) is 13.4. The van der Waals surface area contributed by atoms with E-state index in [0.29, 0.717) is 11.7 Å². The standard InChI is InChI=1S/C15H16BrN3/c1-9-2-4-10(5-3-9)8-12-18-14(11-6-7-11)13(16)15(17)19-12/h2-5,11H,6-8H2,1H3,(H2,17,18,19). The summed E-state index contributed by atoms with van der Waals surface area (Å²) in [6.45, 7) is 2.09. The highest BCUT2D eigenvalue weighted by molar-refractivity contribution is 9.10. The number of benzene rings is 1. The third-order valence-electron chi connectivity index (χ3n) is 3.40. The molecule has 1 heterocycles. The van der Waals surface area contributed by atoms with Crippen LogP contribution in [-0.4, -0.2) is 9.97 Å². The number of rotatable bonds is 3. The molecular weight excluding hydrogens is 302 g/mol. The molecule has 19 heavy (non-hydrogen) atoms. The van der Waals surface area contributed by atoms with E-state index in [1.807, 2.05) is 0 Å². The van der Waals surface area contributed by atoms with Gasteiger partial charge in [-0.1, -0.05) is 29.8 Å². The zero-order valence-electron chi connectivity index (χ0n) is 10.9. The number of halogens is 1. The molecule has 3 nitrogen and oxygen atoms in total. The van der Waals surface area contributed by atoms with Crippen LogP contribution in [-0.2, 0) is 6.42 Å². The lowest BCUT2D eigenvalue weighted by Crippen LogP contribution is -2.05. The van der Waals surface area contributed by atoms with Gasteiger partial charge >= 0.3 is 0 Å². The molecule has 1 fully saturated rings. The minimum Gasteiger partial charge on any atom is -0.383 e. The molecule has 0 aliphatic heterocycles. The molecule has 0 radical (unpaired) electrons. The SMILES string of the molecule is Cc1ccc(Cc2nc(N)c(Br)c(C3CC3)n2)cc1. The molecule has 2 aromatic rings. The molecule has 0 atom stereocenters. The van der Waals surface area contributed by atoms with Gasteiger partial charge in [0, 0.05) is 12.3 Å². The van der Waals surface area contributed by atoms with E-state index < -0.39 is 0 Å². The van der Waals surface area contributed by atoms with Crippen molar-refractivity contribution < 1.29 is 0 Å². The summed E-state index contributed by atoms with van der Waals surface area (Å²) >= 11 is 3.50. The third-order valence-corrected chi connectivity index (χ3v) is 4.21. The second-order valence-electron chi connectivity index (χ2n) is 5.16. The Bertz CT molecular complexity index is 604. The molecular formula is C15H16BrN3. The zero-order valence-corrected chi connectivity index (χ0v) is 12.4. The van der Waals surface area contributed by atoms with E-state index in [1.165, 1.54) is 24.0 Å². The van der Waals surface area contributed by atoms with Crippen LogP contribution in [0.15, 0.2) is 28.7 Å². The highest BCUT2D eigenvalue weighted by Gasteiger charge is 2.28. The van der Waals surface area contributed by atoms with Crippen LogP contribution >= 0.6 is 15.9 Å². The first-order chi connectivity index (χ1) is 9.13. The number of nitrogens with zero attached hydrogens (tertiary/aromatic N) is 2. The topological polar surface area (TPSA) is 51.8 Å². The van der Waals surface area contributed by atoms with Gasteiger partial charge in [-0.05, 0) is 41.3 Å². The van der Waals surface area contributed by atoms with Gasteiger partial charge in [0.1, 0.15) is 11.6 Å². The fourth-order valence-electron chi connectivity index (χ4n) is 2.13. The van der Waals surface area contributed by atoms with E-state index in [0.717, 1.165) is 22.4 Å². The number of hydrogen-bond donors (Lipinski definition) is 1. The average molecular weight is 318 g/mol. The van der Waals surface area contributed by atoms with Crippen molar-refractivity contribution in [2.45, 2.75) is 32.1 Å². The van der Waals surface area contributed by atoms with Gasteiger partial charge in [0.25, 0.3) is 0 Å². The summed E-state index contributed by atoms with van der Waals surface area (Å²) in [6, 6.07) is 8.46. The molecule has 2 N–H and O–H groups in total. The summed E-state index contributed by atoms with van der Waals surface area (Å²) in [5, 5.41) is 0. The minimum absolute atomic E-state index is 0.555. The van der Waals surface area contributed by atoms with E-state index in [9.17, 15) is 0 Å². The largest absolute Gasteiger partial charge is 0.383 e. The number of aryl methyl sites for hydroxylation is 1. The third kappa shape index (κ3) is 2.78. The molecule has 0 unspecified atom stereocenters. The summed E-state index contributed by atoms with van der Waals surface area (Å²) < 4.78 is 0.877. The van der Waals surface area contributed by atoms with E-state index in [2.05, 4.69) is 57.1 Å². The van der Waals surface area contributed by atoms with Crippen molar-refractivity contribution in [1.82, 2.24) is 9.97 Å². The van der Waals surface area contributed by atoms with Crippen LogP contribution in [0.1, 0.15) is 41.4 Å². The average Bonchev–Trinajstić information content (AvgIpc) is 3.21. The number of nitrogens with two attached hydrogens (primary N) is 1. The Kier molecular flexibility index (Phi) is 3.27. The van der Waals surface area contributed by atoms with Crippen LogP contribution in [0.25, 0.3) is 0 Å². The van der Waals surface area contributed by atoms with Crippen molar-refractivity contribution in [2.75, 3.05) is 5.73 Å². The monoisotopic (exact) mass is 317 g/mol. The van der Waals surface area contributed by atoms with Crippen LogP contribution < -0.4 is 5.73 Å². The van der Waals surface area contributed by atoms with Crippen LogP contribution in [0.5, 0.6) is 0 Å². The number of nitrogen functional groups attached to an aromatic ring is 1. The molecule has 0 bridgehead atoms. The van der Waals surface area contributed by atoms with Crippen molar-refractivity contribution in [3.63, 3.8) is 0 Å². The Morgan fingerprint density at radius 2 is 1.89 bits per heavy atom. The summed E-state index contributed by atoms with van der Waals surface area (Å²) in [5.41, 5.74) is 9.52. The molecule has 1 aliphatic rings. The van der Waals surface area contributed by atoms with Gasteiger partial charge in [-0.25, -0.2) is 9.97 Å². The summed E-state index contributed by atoms with van der Waals surface area (Å²) in [4.78, 5) is 9.06. The number of hydrogen-bond acceptors (Lipinski definition) is 3. The molecule has 4 heteroatoms. The molecule has 1 aromatic heterocycles. The van der Waals surface area contributed by atoms with Gasteiger partial charge in [-0.3, -0.25) is 0 Å². The van der Waals surface area contributed by atoms with Gasteiger partial charge in [-0.15, -0.1) is 0 Å². The number of anilines is 1. The second-order valence-corrected chi connectivity index (χ2v) is 5.95. The van der Waals surface area contributed by atoms with Crippen LogP contribution in [0.4, 0.5) is 5.82 Å². The van der Waals surface area contributed by atoms with Crippen molar-refractivity contribution in [2.24, 2.45) is 0 Å². The number of aromatic nitrogens is 2. The first kappa shape index (κ1) is 12.6. The lowest BCUT2D eigenvalue weighted by molar-refractivity contribution is 0.895. The predicted molar refractivity (Wildman–Crippen MR) is 80.1 cm³/mol. The first-order valence-electron chi connectivity index (χ1n) is 6.51. The van der Waals surface area contributed by atoms with Crippen molar-refractivity contribution in [1.29, 1.82) is 0 Å². The minimum atomic E-state index is 0.555. The molecule has 1 aromatic carbocycles. The molecule has 98 valence electrons. The maximum atomic E-state index is 5.97. The lowest BCUT2D eigenvalue weighted by Gasteiger charge is -2.08.